The summed E-state index contributed by atoms with van der Waals surface area (Å²) >= 11 is 0. The van der Waals surface area contributed by atoms with E-state index in [9.17, 15) is 9.59 Å². The molecule has 1 unspecified atom stereocenters. The van der Waals surface area contributed by atoms with Gasteiger partial charge in [-0.2, -0.15) is 0 Å². The van der Waals surface area contributed by atoms with Crippen molar-refractivity contribution < 1.29 is 19.1 Å². The van der Waals surface area contributed by atoms with E-state index in [2.05, 4.69) is 10.3 Å². The number of hydrogen-bond acceptors (Lipinski definition) is 6. The lowest BCUT2D eigenvalue weighted by Crippen LogP contribution is -2.42. The summed E-state index contributed by atoms with van der Waals surface area (Å²) in [6, 6.07) is 3.60. The van der Waals surface area contributed by atoms with E-state index in [0.717, 1.165) is 12.2 Å². The predicted octanol–water partition coefficient (Wildman–Crippen LogP) is 3.10. The third kappa shape index (κ3) is 5.24. The third-order valence-electron chi connectivity index (χ3n) is 3.76. The zero-order valence-corrected chi connectivity index (χ0v) is 16.1. The number of nitrogens with one attached hydrogen (secondary N) is 1. The van der Waals surface area contributed by atoms with Crippen LogP contribution in [0.3, 0.4) is 0 Å². The van der Waals surface area contributed by atoms with Crippen molar-refractivity contribution in [1.82, 2.24) is 9.88 Å². The van der Waals surface area contributed by atoms with E-state index >= 15 is 0 Å². The molecule has 144 valence electrons. The Bertz CT molecular complexity index is 627. The van der Waals surface area contributed by atoms with E-state index in [4.69, 9.17) is 9.47 Å². The Morgan fingerprint density at radius 3 is 2.73 bits per heavy atom. The standard InChI is InChI=1S/C18H28N4O4/c1-6-9-21(16(23)26-18(2,3)4)11-14-12-22(17(24)25-14)13-7-8-15(19-5)20-10-13/h7-8,10,14H,6,9,11-12H2,1-5H3,(H,19,20). The smallest absolute Gasteiger partial charge is 0.414 e. The predicted molar refractivity (Wildman–Crippen MR) is 99.5 cm³/mol. The van der Waals surface area contributed by atoms with Crippen molar-refractivity contribution in [2.24, 2.45) is 0 Å². The van der Waals surface area contributed by atoms with Crippen LogP contribution in [-0.2, 0) is 9.47 Å². The number of amides is 2. The highest BCUT2D eigenvalue weighted by molar-refractivity contribution is 5.89. The zero-order valence-electron chi connectivity index (χ0n) is 16.1. The second-order valence-corrected chi connectivity index (χ2v) is 7.19. The van der Waals surface area contributed by atoms with Crippen LogP contribution in [0.5, 0.6) is 0 Å². The van der Waals surface area contributed by atoms with Gasteiger partial charge in [-0.15, -0.1) is 0 Å². The molecule has 26 heavy (non-hydrogen) atoms. The number of hydrogen-bond donors (Lipinski definition) is 1. The molecule has 0 aliphatic carbocycles. The Balaban J connectivity index is 2.02. The van der Waals surface area contributed by atoms with Crippen molar-refractivity contribution in [3.63, 3.8) is 0 Å². The number of nitrogens with zero attached hydrogens (tertiary/aromatic N) is 3. The summed E-state index contributed by atoms with van der Waals surface area (Å²) in [4.78, 5) is 31.9. The Morgan fingerprint density at radius 1 is 1.46 bits per heavy atom. The van der Waals surface area contributed by atoms with Gasteiger partial charge in [0.1, 0.15) is 17.5 Å². The fourth-order valence-corrected chi connectivity index (χ4v) is 2.62. The van der Waals surface area contributed by atoms with Gasteiger partial charge in [-0.3, -0.25) is 4.90 Å². The molecule has 0 radical (unpaired) electrons. The minimum atomic E-state index is -0.567. The number of ether oxygens (including phenoxy) is 2. The topological polar surface area (TPSA) is 84.0 Å². The molecule has 1 aromatic heterocycles. The molecule has 1 aliphatic heterocycles. The van der Waals surface area contributed by atoms with Gasteiger partial charge in [-0.1, -0.05) is 6.92 Å². The Morgan fingerprint density at radius 2 is 2.19 bits per heavy atom. The first kappa shape index (κ1) is 19.8. The zero-order chi connectivity index (χ0) is 19.3. The van der Waals surface area contributed by atoms with Crippen LogP contribution in [-0.4, -0.2) is 60.5 Å². The molecule has 1 saturated heterocycles. The molecule has 1 aliphatic rings. The summed E-state index contributed by atoms with van der Waals surface area (Å²) in [5.74, 6) is 0.719. The van der Waals surface area contributed by atoms with Crippen molar-refractivity contribution in [2.45, 2.75) is 45.8 Å². The molecule has 0 saturated carbocycles. The van der Waals surface area contributed by atoms with Crippen LogP contribution in [0.2, 0.25) is 0 Å². The molecule has 1 N–H and O–H groups in total. The van der Waals surface area contributed by atoms with Crippen molar-refractivity contribution in [3.05, 3.63) is 18.3 Å². The number of cyclic esters (lactones) is 1. The molecule has 2 rings (SSSR count). The lowest BCUT2D eigenvalue weighted by Gasteiger charge is -2.28. The van der Waals surface area contributed by atoms with E-state index in [-0.39, 0.29) is 0 Å². The van der Waals surface area contributed by atoms with Gasteiger partial charge in [0.15, 0.2) is 0 Å². The van der Waals surface area contributed by atoms with Crippen LogP contribution in [0.4, 0.5) is 21.1 Å². The summed E-state index contributed by atoms with van der Waals surface area (Å²) in [6.45, 7) is 8.67. The Labute approximate surface area is 154 Å². The molecule has 0 spiro atoms. The highest BCUT2D eigenvalue weighted by Crippen LogP contribution is 2.23. The quantitative estimate of drug-likeness (QED) is 0.835. The average Bonchev–Trinajstić information content (AvgIpc) is 2.93. The van der Waals surface area contributed by atoms with Gasteiger partial charge < -0.3 is 19.7 Å². The van der Waals surface area contributed by atoms with Crippen molar-refractivity contribution in [2.75, 3.05) is 36.9 Å². The number of anilines is 2. The van der Waals surface area contributed by atoms with Gasteiger partial charge in [0.25, 0.3) is 0 Å². The van der Waals surface area contributed by atoms with E-state index in [1.165, 1.54) is 4.90 Å². The van der Waals surface area contributed by atoms with Gasteiger partial charge in [0.05, 0.1) is 25.0 Å². The molecular weight excluding hydrogens is 336 g/mol. The molecule has 8 heteroatoms. The molecule has 0 bridgehead atoms. The summed E-state index contributed by atoms with van der Waals surface area (Å²) in [6.07, 6.45) is 1.17. The lowest BCUT2D eigenvalue weighted by molar-refractivity contribution is 0.0165. The van der Waals surface area contributed by atoms with Crippen LogP contribution in [0, 0.1) is 0 Å². The molecule has 1 atom stereocenters. The normalized spacial score (nSPS) is 17.0. The maximum atomic E-state index is 12.4. The minimum absolute atomic E-state index is 0.299. The third-order valence-corrected chi connectivity index (χ3v) is 3.76. The number of pyridine rings is 1. The maximum Gasteiger partial charge on any atom is 0.414 e. The van der Waals surface area contributed by atoms with Crippen LogP contribution in [0.15, 0.2) is 18.3 Å². The molecular formula is C18H28N4O4. The molecule has 2 amide bonds. The summed E-state index contributed by atoms with van der Waals surface area (Å²) < 4.78 is 10.9. The number of carbonyl (C=O) groups excluding carboxylic acids is 2. The van der Waals surface area contributed by atoms with Gasteiger partial charge >= 0.3 is 12.2 Å². The highest BCUT2D eigenvalue weighted by atomic mass is 16.6. The van der Waals surface area contributed by atoms with Gasteiger partial charge in [-0.05, 0) is 39.3 Å². The highest BCUT2D eigenvalue weighted by Gasteiger charge is 2.35. The lowest BCUT2D eigenvalue weighted by atomic mass is 10.2. The summed E-state index contributed by atoms with van der Waals surface area (Å²) in [5.41, 5.74) is 0.0955. The van der Waals surface area contributed by atoms with Crippen LogP contribution in [0.1, 0.15) is 34.1 Å². The monoisotopic (exact) mass is 364 g/mol. The van der Waals surface area contributed by atoms with Gasteiger partial charge in [-0.25, -0.2) is 14.6 Å². The largest absolute Gasteiger partial charge is 0.444 e. The van der Waals surface area contributed by atoms with Crippen molar-refractivity contribution >= 4 is 23.7 Å². The van der Waals surface area contributed by atoms with Gasteiger partial charge in [0.2, 0.25) is 0 Å². The van der Waals surface area contributed by atoms with Crippen LogP contribution in [0.25, 0.3) is 0 Å². The van der Waals surface area contributed by atoms with Gasteiger partial charge in [0, 0.05) is 13.6 Å². The number of aromatic nitrogens is 1. The number of carbonyl (C=O) groups is 2. The second kappa shape index (κ2) is 8.25. The average molecular weight is 364 g/mol. The number of rotatable bonds is 6. The maximum absolute atomic E-state index is 12.4. The van der Waals surface area contributed by atoms with E-state index < -0.39 is 23.9 Å². The van der Waals surface area contributed by atoms with E-state index in [1.54, 1.807) is 30.3 Å². The fourth-order valence-electron chi connectivity index (χ4n) is 2.62. The minimum Gasteiger partial charge on any atom is -0.444 e. The molecule has 1 fully saturated rings. The van der Waals surface area contributed by atoms with E-state index in [0.29, 0.717) is 25.3 Å². The SMILES string of the molecule is CCCN(CC1CN(c2ccc(NC)nc2)C(=O)O1)C(=O)OC(C)(C)C. The van der Waals surface area contributed by atoms with Crippen molar-refractivity contribution in [3.8, 4) is 0 Å². The van der Waals surface area contributed by atoms with Crippen LogP contribution < -0.4 is 10.2 Å². The first-order valence-corrected chi connectivity index (χ1v) is 8.83. The summed E-state index contributed by atoms with van der Waals surface area (Å²) in [7, 11) is 1.78. The van der Waals surface area contributed by atoms with Crippen LogP contribution >= 0.6 is 0 Å². The first-order valence-electron chi connectivity index (χ1n) is 8.83. The molecule has 2 heterocycles. The molecule has 8 nitrogen and oxygen atoms in total. The fraction of sp³-hybridized carbons (Fsp3) is 0.611. The Kier molecular flexibility index (Phi) is 6.28. The van der Waals surface area contributed by atoms with Crippen molar-refractivity contribution in [1.29, 1.82) is 0 Å². The Hall–Kier alpha value is -2.51. The van der Waals surface area contributed by atoms with E-state index in [1.807, 2.05) is 27.7 Å². The summed E-state index contributed by atoms with van der Waals surface area (Å²) in [5, 5.41) is 2.93. The molecule has 1 aromatic rings. The first-order chi connectivity index (χ1) is 12.2. The second-order valence-electron chi connectivity index (χ2n) is 7.19. The molecule has 0 aromatic carbocycles.